The molecule has 0 unspecified atom stereocenters. The Bertz CT molecular complexity index is 591. The Balaban J connectivity index is 2.00. The molecule has 0 N–H and O–H groups in total. The second kappa shape index (κ2) is 4.25. The molecule has 0 saturated heterocycles. The lowest BCUT2D eigenvalue weighted by atomic mass is 10.0. The second-order valence-electron chi connectivity index (χ2n) is 4.39. The Morgan fingerprint density at radius 3 is 2.94 bits per heavy atom. The van der Waals surface area contributed by atoms with Gasteiger partial charge in [-0.05, 0) is 36.6 Å². The van der Waals surface area contributed by atoms with Crippen molar-refractivity contribution in [3.63, 3.8) is 0 Å². The summed E-state index contributed by atoms with van der Waals surface area (Å²) in [5.74, 6) is -0.138. The van der Waals surface area contributed by atoms with Gasteiger partial charge in [0.2, 0.25) is 0 Å². The number of nitrogens with zero attached hydrogens (tertiary/aromatic N) is 3. The summed E-state index contributed by atoms with van der Waals surface area (Å²) < 4.78 is 4.60. The van der Waals surface area contributed by atoms with Crippen LogP contribution in [-0.2, 0) is 6.42 Å². The number of benzene rings is 1. The van der Waals surface area contributed by atoms with Crippen LogP contribution in [0.2, 0.25) is 0 Å². The first kappa shape index (κ1) is 11.0. The van der Waals surface area contributed by atoms with E-state index < -0.39 is 0 Å². The first-order valence-electron chi connectivity index (χ1n) is 5.96. The molecule has 0 bridgehead atoms. The summed E-state index contributed by atoms with van der Waals surface area (Å²) in [5.41, 5.74) is 3.00. The van der Waals surface area contributed by atoms with Crippen LogP contribution in [0, 0.1) is 6.92 Å². The van der Waals surface area contributed by atoms with Crippen LogP contribution in [0.5, 0.6) is 0 Å². The van der Waals surface area contributed by atoms with E-state index in [4.69, 9.17) is 0 Å². The number of rotatable bonds is 1. The zero-order valence-electron chi connectivity index (χ0n) is 10.1. The van der Waals surface area contributed by atoms with E-state index >= 15 is 0 Å². The van der Waals surface area contributed by atoms with E-state index in [9.17, 15) is 4.79 Å². The first-order chi connectivity index (χ1) is 8.77. The number of carbonyl (C=O) groups is 1. The maximum absolute atomic E-state index is 12.4. The molecule has 5 nitrogen and oxygen atoms in total. The van der Waals surface area contributed by atoms with Gasteiger partial charge in [-0.3, -0.25) is 4.79 Å². The van der Waals surface area contributed by atoms with Gasteiger partial charge in [-0.1, -0.05) is 23.4 Å². The van der Waals surface area contributed by atoms with Gasteiger partial charge in [-0.2, -0.15) is 0 Å². The van der Waals surface area contributed by atoms with Gasteiger partial charge in [0.15, 0.2) is 5.69 Å². The van der Waals surface area contributed by atoms with Crippen LogP contribution >= 0.6 is 0 Å². The molecule has 1 aromatic carbocycles. The highest BCUT2D eigenvalue weighted by Crippen LogP contribution is 2.28. The number of hydrogen-bond donors (Lipinski definition) is 0. The van der Waals surface area contributed by atoms with Crippen LogP contribution in [0.4, 0.5) is 5.69 Å². The molecule has 0 saturated carbocycles. The van der Waals surface area contributed by atoms with Crippen molar-refractivity contribution in [3.05, 3.63) is 41.2 Å². The predicted molar refractivity (Wildman–Crippen MR) is 65.5 cm³/mol. The van der Waals surface area contributed by atoms with E-state index in [1.807, 2.05) is 18.2 Å². The summed E-state index contributed by atoms with van der Waals surface area (Å²) in [5, 5.41) is 7.34. The third-order valence-corrected chi connectivity index (χ3v) is 3.21. The van der Waals surface area contributed by atoms with Crippen LogP contribution in [-0.4, -0.2) is 22.8 Å². The molecule has 2 aromatic rings. The minimum Gasteiger partial charge on any atom is -0.307 e. The fourth-order valence-electron chi connectivity index (χ4n) is 2.30. The fraction of sp³-hybridized carbons (Fsp3) is 0.308. The van der Waals surface area contributed by atoms with E-state index in [0.29, 0.717) is 17.9 Å². The molecule has 0 aliphatic carbocycles. The van der Waals surface area contributed by atoms with Crippen LogP contribution in [0.25, 0.3) is 0 Å². The third kappa shape index (κ3) is 1.68. The quantitative estimate of drug-likeness (QED) is 0.768. The number of hydrogen-bond acceptors (Lipinski definition) is 4. The number of fused-ring (bicyclic) bond motifs is 1. The molecule has 3 rings (SSSR count). The Labute approximate surface area is 104 Å². The molecule has 0 spiro atoms. The summed E-state index contributed by atoms with van der Waals surface area (Å²) >= 11 is 0. The van der Waals surface area contributed by atoms with E-state index in [2.05, 4.69) is 21.0 Å². The van der Waals surface area contributed by atoms with Gasteiger partial charge in [0, 0.05) is 12.2 Å². The van der Waals surface area contributed by atoms with Crippen molar-refractivity contribution in [1.29, 1.82) is 0 Å². The number of aromatic nitrogens is 2. The van der Waals surface area contributed by atoms with E-state index in [1.165, 1.54) is 5.56 Å². The van der Waals surface area contributed by atoms with Crippen LogP contribution in [0.3, 0.4) is 0 Å². The molecular formula is C13H13N3O2. The molecule has 1 aromatic heterocycles. The Morgan fingerprint density at radius 2 is 2.17 bits per heavy atom. The molecule has 18 heavy (non-hydrogen) atoms. The highest BCUT2D eigenvalue weighted by atomic mass is 16.6. The lowest BCUT2D eigenvalue weighted by Crippen LogP contribution is -2.36. The lowest BCUT2D eigenvalue weighted by Gasteiger charge is -2.28. The van der Waals surface area contributed by atoms with Gasteiger partial charge in [0.1, 0.15) is 5.69 Å². The van der Waals surface area contributed by atoms with Crippen molar-refractivity contribution in [2.45, 2.75) is 19.8 Å². The molecule has 1 aliphatic rings. The number of amides is 1. The predicted octanol–water partition coefficient (Wildman–Crippen LogP) is 1.97. The number of carbonyl (C=O) groups excluding carboxylic acids is 1. The lowest BCUT2D eigenvalue weighted by molar-refractivity contribution is 0.0975. The smallest absolute Gasteiger partial charge is 0.282 e. The second-order valence-corrected chi connectivity index (χ2v) is 4.39. The average Bonchev–Trinajstić information content (AvgIpc) is 2.83. The highest BCUT2D eigenvalue weighted by Gasteiger charge is 2.26. The van der Waals surface area contributed by atoms with Crippen molar-refractivity contribution in [2.24, 2.45) is 0 Å². The van der Waals surface area contributed by atoms with Gasteiger partial charge < -0.3 is 4.90 Å². The van der Waals surface area contributed by atoms with E-state index in [-0.39, 0.29) is 5.91 Å². The zero-order valence-corrected chi connectivity index (χ0v) is 10.1. The molecular weight excluding hydrogens is 230 g/mol. The SMILES string of the molecule is Cc1nonc1C(=O)N1CCCc2ccccc21. The van der Waals surface area contributed by atoms with Crippen molar-refractivity contribution in [2.75, 3.05) is 11.4 Å². The van der Waals surface area contributed by atoms with Crippen LogP contribution in [0.1, 0.15) is 28.2 Å². The van der Waals surface area contributed by atoms with Crippen LogP contribution in [0.15, 0.2) is 28.9 Å². The summed E-state index contributed by atoms with van der Waals surface area (Å²) in [6, 6.07) is 7.96. The van der Waals surface area contributed by atoms with Crippen molar-refractivity contribution < 1.29 is 9.42 Å². The molecule has 1 amide bonds. The Hall–Kier alpha value is -2.17. The molecule has 0 radical (unpaired) electrons. The van der Waals surface area contributed by atoms with Crippen LogP contribution < -0.4 is 4.90 Å². The van der Waals surface area contributed by atoms with Gasteiger partial charge in [-0.25, -0.2) is 4.63 Å². The maximum atomic E-state index is 12.4. The minimum atomic E-state index is -0.138. The largest absolute Gasteiger partial charge is 0.307 e. The number of para-hydroxylation sites is 1. The van der Waals surface area contributed by atoms with Gasteiger partial charge >= 0.3 is 0 Å². The van der Waals surface area contributed by atoms with E-state index in [1.54, 1.807) is 11.8 Å². The topological polar surface area (TPSA) is 59.2 Å². The van der Waals surface area contributed by atoms with Gasteiger partial charge in [0.05, 0.1) is 0 Å². The molecule has 0 atom stereocenters. The standard InChI is InChI=1S/C13H13N3O2/c1-9-12(15-18-14-9)13(17)16-8-4-6-10-5-2-3-7-11(10)16/h2-3,5,7H,4,6,8H2,1H3. The number of anilines is 1. The Kier molecular flexibility index (Phi) is 2.59. The first-order valence-corrected chi connectivity index (χ1v) is 5.96. The summed E-state index contributed by atoms with van der Waals surface area (Å²) in [4.78, 5) is 14.2. The average molecular weight is 243 g/mol. The highest BCUT2D eigenvalue weighted by molar-refractivity contribution is 6.05. The fourth-order valence-corrected chi connectivity index (χ4v) is 2.30. The molecule has 5 heteroatoms. The molecule has 2 heterocycles. The molecule has 0 fully saturated rings. The van der Waals surface area contributed by atoms with Gasteiger partial charge in [0.25, 0.3) is 5.91 Å². The molecule has 92 valence electrons. The normalized spacial score (nSPS) is 14.4. The van der Waals surface area contributed by atoms with Gasteiger partial charge in [-0.15, -0.1) is 0 Å². The Morgan fingerprint density at radius 1 is 1.33 bits per heavy atom. The van der Waals surface area contributed by atoms with Crippen molar-refractivity contribution >= 4 is 11.6 Å². The summed E-state index contributed by atoms with van der Waals surface area (Å²) in [7, 11) is 0. The van der Waals surface area contributed by atoms with Crippen molar-refractivity contribution in [1.82, 2.24) is 10.3 Å². The van der Waals surface area contributed by atoms with E-state index in [0.717, 1.165) is 18.5 Å². The monoisotopic (exact) mass is 243 g/mol. The molecule has 1 aliphatic heterocycles. The zero-order chi connectivity index (χ0) is 12.5. The maximum Gasteiger partial charge on any atom is 0.282 e. The minimum absolute atomic E-state index is 0.138. The van der Waals surface area contributed by atoms with Crippen molar-refractivity contribution in [3.8, 4) is 0 Å². The third-order valence-electron chi connectivity index (χ3n) is 3.21. The summed E-state index contributed by atoms with van der Waals surface area (Å²) in [6.45, 7) is 2.43. The number of aryl methyl sites for hydroxylation is 2. The summed E-state index contributed by atoms with van der Waals surface area (Å²) in [6.07, 6.45) is 1.98.